The maximum Gasteiger partial charge on any atom is 0.242 e. The van der Waals surface area contributed by atoms with Crippen LogP contribution in [0.15, 0.2) is 23.2 Å². The highest BCUT2D eigenvalue weighted by Gasteiger charge is 2.17. The second-order valence-corrected chi connectivity index (χ2v) is 7.47. The summed E-state index contributed by atoms with van der Waals surface area (Å²) in [7, 11) is -3.48. The van der Waals surface area contributed by atoms with Crippen LogP contribution in [0.5, 0.6) is 0 Å². The molecular formula is C15H27N3O2S. The maximum absolute atomic E-state index is 12.2. The van der Waals surface area contributed by atoms with Crippen LogP contribution in [0.3, 0.4) is 0 Å². The molecule has 0 aliphatic carbocycles. The van der Waals surface area contributed by atoms with Gasteiger partial charge in [0.2, 0.25) is 10.0 Å². The van der Waals surface area contributed by atoms with Crippen molar-refractivity contribution in [1.29, 1.82) is 0 Å². The first-order valence-corrected chi connectivity index (χ1v) is 9.05. The third kappa shape index (κ3) is 6.44. The Hall–Kier alpha value is -1.14. The van der Waals surface area contributed by atoms with Gasteiger partial charge in [-0.15, -0.1) is 0 Å². The molecule has 1 atom stereocenters. The first kappa shape index (κ1) is 17.9. The van der Waals surface area contributed by atoms with Crippen LogP contribution < -0.4 is 10.0 Å². The highest BCUT2D eigenvalue weighted by molar-refractivity contribution is 7.89. The number of nitrogens with one attached hydrogen (secondary N) is 2. The van der Waals surface area contributed by atoms with Crippen molar-refractivity contribution in [3.05, 3.63) is 18.3 Å². The van der Waals surface area contributed by atoms with Crippen molar-refractivity contribution in [2.24, 2.45) is 5.92 Å². The van der Waals surface area contributed by atoms with Crippen LogP contribution >= 0.6 is 0 Å². The molecule has 6 heteroatoms. The summed E-state index contributed by atoms with van der Waals surface area (Å²) in [6.07, 6.45) is 4.38. The molecule has 5 nitrogen and oxygen atoms in total. The number of nitrogens with zero attached hydrogens (tertiary/aromatic N) is 1. The minimum absolute atomic E-state index is 0.0674. The molecule has 1 rings (SSSR count). The highest BCUT2D eigenvalue weighted by atomic mass is 32.2. The molecule has 0 fully saturated rings. The highest BCUT2D eigenvalue weighted by Crippen LogP contribution is 2.13. The lowest BCUT2D eigenvalue weighted by Gasteiger charge is -2.15. The number of aromatic nitrogens is 1. The second kappa shape index (κ2) is 8.34. The summed E-state index contributed by atoms with van der Waals surface area (Å²) in [5.41, 5.74) is 0. The molecule has 0 bridgehead atoms. The van der Waals surface area contributed by atoms with Gasteiger partial charge in [0.05, 0.1) is 0 Å². The van der Waals surface area contributed by atoms with Crippen molar-refractivity contribution >= 4 is 15.8 Å². The molecule has 0 aliphatic heterocycles. The Bertz CT molecular complexity index is 512. The van der Waals surface area contributed by atoms with Gasteiger partial charge in [-0.05, 0) is 38.3 Å². The first-order valence-electron chi connectivity index (χ1n) is 7.57. The second-order valence-electron chi connectivity index (χ2n) is 5.76. The van der Waals surface area contributed by atoms with E-state index >= 15 is 0 Å². The van der Waals surface area contributed by atoms with Gasteiger partial charge in [-0.1, -0.05) is 26.7 Å². The normalized spacial score (nSPS) is 13.4. The third-order valence-electron chi connectivity index (χ3n) is 3.18. The Morgan fingerprint density at radius 1 is 1.19 bits per heavy atom. The fourth-order valence-electron chi connectivity index (χ4n) is 2.05. The standard InChI is InChI=1S/C15H27N3O2S/c1-5-16-15-10-9-14(11-17-15)21(19,20)18-13(4)8-6-7-12(2)3/h9-13,18H,5-8H2,1-4H3,(H,16,17). The van der Waals surface area contributed by atoms with E-state index in [9.17, 15) is 8.42 Å². The predicted molar refractivity (Wildman–Crippen MR) is 86.9 cm³/mol. The molecule has 0 spiro atoms. The summed E-state index contributed by atoms with van der Waals surface area (Å²) >= 11 is 0. The van der Waals surface area contributed by atoms with Gasteiger partial charge in [-0.3, -0.25) is 0 Å². The lowest BCUT2D eigenvalue weighted by Crippen LogP contribution is -2.32. The predicted octanol–water partition coefficient (Wildman–Crippen LogP) is 3.01. The molecule has 0 radical (unpaired) electrons. The molecular weight excluding hydrogens is 286 g/mol. The minimum Gasteiger partial charge on any atom is -0.370 e. The average Bonchev–Trinajstić information content (AvgIpc) is 2.38. The fraction of sp³-hybridized carbons (Fsp3) is 0.667. The van der Waals surface area contributed by atoms with Crippen molar-refractivity contribution < 1.29 is 8.42 Å². The third-order valence-corrected chi connectivity index (χ3v) is 4.75. The molecule has 0 amide bonds. The Morgan fingerprint density at radius 2 is 1.90 bits per heavy atom. The molecule has 0 saturated carbocycles. The van der Waals surface area contributed by atoms with Gasteiger partial charge in [-0.25, -0.2) is 18.1 Å². The van der Waals surface area contributed by atoms with Crippen LogP contribution in [0.4, 0.5) is 5.82 Å². The molecule has 0 aliphatic rings. The van der Waals surface area contributed by atoms with Crippen molar-refractivity contribution in [2.75, 3.05) is 11.9 Å². The largest absolute Gasteiger partial charge is 0.370 e. The summed E-state index contributed by atoms with van der Waals surface area (Å²) in [4.78, 5) is 4.31. The zero-order valence-electron chi connectivity index (χ0n) is 13.4. The van der Waals surface area contributed by atoms with Gasteiger partial charge in [0.1, 0.15) is 10.7 Å². The van der Waals surface area contributed by atoms with Gasteiger partial charge in [-0.2, -0.15) is 0 Å². The van der Waals surface area contributed by atoms with E-state index in [0.717, 1.165) is 25.8 Å². The van der Waals surface area contributed by atoms with Crippen LogP contribution in [0.1, 0.15) is 47.0 Å². The van der Waals surface area contributed by atoms with E-state index in [-0.39, 0.29) is 10.9 Å². The molecule has 21 heavy (non-hydrogen) atoms. The zero-order chi connectivity index (χ0) is 15.9. The number of hydrogen-bond donors (Lipinski definition) is 2. The minimum atomic E-state index is -3.48. The van der Waals surface area contributed by atoms with Crippen LogP contribution in [0, 0.1) is 5.92 Å². The number of hydrogen-bond acceptors (Lipinski definition) is 4. The number of anilines is 1. The Kier molecular flexibility index (Phi) is 7.11. The number of rotatable bonds is 9. The SMILES string of the molecule is CCNc1ccc(S(=O)(=O)NC(C)CCCC(C)C)cn1. The van der Waals surface area contributed by atoms with E-state index in [1.54, 1.807) is 12.1 Å². The van der Waals surface area contributed by atoms with E-state index < -0.39 is 10.0 Å². The van der Waals surface area contributed by atoms with Crippen molar-refractivity contribution in [3.63, 3.8) is 0 Å². The molecule has 0 saturated heterocycles. The van der Waals surface area contributed by atoms with Crippen molar-refractivity contribution in [2.45, 2.75) is 57.9 Å². The molecule has 1 aromatic heterocycles. The van der Waals surface area contributed by atoms with Gasteiger partial charge in [0.15, 0.2) is 0 Å². The Balaban J connectivity index is 2.59. The lowest BCUT2D eigenvalue weighted by molar-refractivity contribution is 0.488. The van der Waals surface area contributed by atoms with Crippen LogP contribution in [-0.2, 0) is 10.0 Å². The van der Waals surface area contributed by atoms with Gasteiger partial charge < -0.3 is 5.32 Å². The smallest absolute Gasteiger partial charge is 0.242 e. The van der Waals surface area contributed by atoms with E-state index in [0.29, 0.717) is 11.7 Å². The molecule has 2 N–H and O–H groups in total. The number of pyridine rings is 1. The number of sulfonamides is 1. The maximum atomic E-state index is 12.2. The lowest BCUT2D eigenvalue weighted by atomic mass is 10.0. The molecule has 0 aromatic carbocycles. The summed E-state index contributed by atoms with van der Waals surface area (Å²) < 4.78 is 27.2. The Labute approximate surface area is 128 Å². The summed E-state index contributed by atoms with van der Waals surface area (Å²) in [5, 5.41) is 3.04. The van der Waals surface area contributed by atoms with Crippen molar-refractivity contribution in [3.8, 4) is 0 Å². The monoisotopic (exact) mass is 313 g/mol. The molecule has 1 heterocycles. The van der Waals surface area contributed by atoms with Crippen LogP contribution in [-0.4, -0.2) is 26.0 Å². The summed E-state index contributed by atoms with van der Waals surface area (Å²) in [6.45, 7) is 8.97. The van der Waals surface area contributed by atoms with Crippen molar-refractivity contribution in [1.82, 2.24) is 9.71 Å². The van der Waals surface area contributed by atoms with E-state index in [4.69, 9.17) is 0 Å². The quantitative estimate of drug-likeness (QED) is 0.735. The van der Waals surface area contributed by atoms with Gasteiger partial charge >= 0.3 is 0 Å². The van der Waals surface area contributed by atoms with Gasteiger partial charge in [0, 0.05) is 18.8 Å². The van der Waals surface area contributed by atoms with Crippen LogP contribution in [0.25, 0.3) is 0 Å². The summed E-state index contributed by atoms with van der Waals surface area (Å²) in [5.74, 6) is 1.33. The van der Waals surface area contributed by atoms with Gasteiger partial charge in [0.25, 0.3) is 0 Å². The molecule has 120 valence electrons. The molecule has 1 unspecified atom stereocenters. The van der Waals surface area contributed by atoms with E-state index in [1.165, 1.54) is 6.20 Å². The fourth-order valence-corrected chi connectivity index (χ4v) is 3.27. The topological polar surface area (TPSA) is 71.1 Å². The Morgan fingerprint density at radius 3 is 2.43 bits per heavy atom. The van der Waals surface area contributed by atoms with Crippen LogP contribution in [0.2, 0.25) is 0 Å². The first-order chi connectivity index (χ1) is 9.85. The molecule has 1 aromatic rings. The van der Waals surface area contributed by atoms with E-state index in [1.807, 2.05) is 13.8 Å². The van der Waals surface area contributed by atoms with E-state index in [2.05, 4.69) is 28.9 Å². The zero-order valence-corrected chi connectivity index (χ0v) is 14.2. The average molecular weight is 313 g/mol. The summed E-state index contributed by atoms with van der Waals surface area (Å²) in [6, 6.07) is 3.19.